The number of imidazole rings is 1. The number of aromatic carboxylic acids is 1. The summed E-state index contributed by atoms with van der Waals surface area (Å²) in [7, 11) is 0. The van der Waals surface area contributed by atoms with Crippen LogP contribution >= 0.6 is 0 Å². The molecule has 2 heterocycles. The van der Waals surface area contributed by atoms with Crippen molar-refractivity contribution in [2.24, 2.45) is 0 Å². The summed E-state index contributed by atoms with van der Waals surface area (Å²) in [6, 6.07) is 9.52. The van der Waals surface area contributed by atoms with Gasteiger partial charge in [0.2, 0.25) is 0 Å². The van der Waals surface area contributed by atoms with E-state index in [4.69, 9.17) is 9.84 Å². The number of aromatic hydroxyl groups is 1. The topological polar surface area (TPSA) is 84.1 Å². The van der Waals surface area contributed by atoms with Crippen molar-refractivity contribution in [3.63, 3.8) is 0 Å². The van der Waals surface area contributed by atoms with Crippen molar-refractivity contribution >= 4 is 11.6 Å². The Bertz CT molecular complexity index is 793. The van der Waals surface area contributed by atoms with Crippen LogP contribution in [0.3, 0.4) is 0 Å². The third-order valence-corrected chi connectivity index (χ3v) is 2.99. The molecular weight excluding hydrogens is 272 g/mol. The molecule has 3 aromatic rings. The SMILES string of the molecule is O=C(O)c1cccn2cc(COc3ccc(O)cc3)nc12. The molecule has 2 N–H and O–H groups in total. The largest absolute Gasteiger partial charge is 0.508 e. The summed E-state index contributed by atoms with van der Waals surface area (Å²) in [5.41, 5.74) is 1.15. The molecule has 1 aromatic carbocycles. The number of phenols is 1. The maximum Gasteiger partial charge on any atom is 0.339 e. The second-order valence-electron chi connectivity index (χ2n) is 4.47. The number of carboxylic acid groups (broad SMARTS) is 1. The van der Waals surface area contributed by atoms with Gasteiger partial charge < -0.3 is 19.4 Å². The highest BCUT2D eigenvalue weighted by Crippen LogP contribution is 2.18. The lowest BCUT2D eigenvalue weighted by atomic mass is 10.3. The molecule has 3 rings (SSSR count). The van der Waals surface area contributed by atoms with Crippen molar-refractivity contribution in [1.82, 2.24) is 9.38 Å². The van der Waals surface area contributed by atoms with E-state index in [0.717, 1.165) is 0 Å². The lowest BCUT2D eigenvalue weighted by molar-refractivity contribution is 0.0698. The molecule has 0 aliphatic carbocycles. The normalized spacial score (nSPS) is 10.7. The van der Waals surface area contributed by atoms with Crippen molar-refractivity contribution < 1.29 is 19.7 Å². The molecule has 0 aliphatic heterocycles. The molecule has 0 saturated carbocycles. The summed E-state index contributed by atoms with van der Waals surface area (Å²) in [5.74, 6) is -0.248. The number of pyridine rings is 1. The smallest absolute Gasteiger partial charge is 0.339 e. The molecule has 0 spiro atoms. The van der Waals surface area contributed by atoms with E-state index in [2.05, 4.69) is 4.98 Å². The van der Waals surface area contributed by atoms with Crippen molar-refractivity contribution in [2.45, 2.75) is 6.61 Å². The van der Waals surface area contributed by atoms with E-state index < -0.39 is 5.97 Å². The maximum absolute atomic E-state index is 11.1. The number of nitrogens with zero attached hydrogens (tertiary/aromatic N) is 2. The Labute approximate surface area is 119 Å². The van der Waals surface area contributed by atoms with E-state index >= 15 is 0 Å². The van der Waals surface area contributed by atoms with Gasteiger partial charge in [-0.05, 0) is 36.4 Å². The molecule has 0 aliphatic rings. The highest BCUT2D eigenvalue weighted by atomic mass is 16.5. The number of phenolic OH excluding ortho intramolecular Hbond substituents is 1. The molecule has 0 radical (unpaired) electrons. The van der Waals surface area contributed by atoms with Crippen molar-refractivity contribution in [3.05, 3.63) is 60.0 Å². The zero-order chi connectivity index (χ0) is 14.8. The van der Waals surface area contributed by atoms with Gasteiger partial charge in [-0.1, -0.05) is 0 Å². The summed E-state index contributed by atoms with van der Waals surface area (Å²) >= 11 is 0. The molecule has 0 bridgehead atoms. The average Bonchev–Trinajstić information content (AvgIpc) is 2.89. The number of benzene rings is 1. The zero-order valence-corrected chi connectivity index (χ0v) is 10.9. The van der Waals surface area contributed by atoms with E-state index in [1.165, 1.54) is 18.2 Å². The Morgan fingerprint density at radius 3 is 2.71 bits per heavy atom. The first kappa shape index (κ1) is 13.0. The predicted molar refractivity (Wildman–Crippen MR) is 74.6 cm³/mol. The molecule has 0 atom stereocenters. The lowest BCUT2D eigenvalue weighted by Crippen LogP contribution is -2.00. The van der Waals surface area contributed by atoms with Gasteiger partial charge in [0.1, 0.15) is 23.7 Å². The first-order chi connectivity index (χ1) is 10.1. The number of hydrogen-bond donors (Lipinski definition) is 2. The van der Waals surface area contributed by atoms with Gasteiger partial charge in [0, 0.05) is 12.4 Å². The Balaban J connectivity index is 1.83. The minimum Gasteiger partial charge on any atom is -0.508 e. The van der Waals surface area contributed by atoms with Gasteiger partial charge in [-0.3, -0.25) is 0 Å². The Morgan fingerprint density at radius 2 is 2.00 bits per heavy atom. The maximum atomic E-state index is 11.1. The number of hydrogen-bond acceptors (Lipinski definition) is 4. The van der Waals surface area contributed by atoms with Crippen molar-refractivity contribution in [3.8, 4) is 11.5 Å². The molecule has 6 heteroatoms. The van der Waals surface area contributed by atoms with Gasteiger partial charge in [0.15, 0.2) is 5.65 Å². The Morgan fingerprint density at radius 1 is 1.24 bits per heavy atom. The zero-order valence-electron chi connectivity index (χ0n) is 10.9. The molecule has 0 saturated heterocycles. The molecule has 6 nitrogen and oxygen atoms in total. The summed E-state index contributed by atoms with van der Waals surface area (Å²) < 4.78 is 7.19. The molecule has 0 amide bonds. The van der Waals surface area contributed by atoms with E-state index in [-0.39, 0.29) is 17.9 Å². The minimum atomic E-state index is -1.02. The summed E-state index contributed by atoms with van der Waals surface area (Å²) in [4.78, 5) is 15.4. The van der Waals surface area contributed by atoms with Crippen LogP contribution in [0.1, 0.15) is 16.1 Å². The summed E-state index contributed by atoms with van der Waals surface area (Å²) in [6.45, 7) is 0.214. The van der Waals surface area contributed by atoms with Crippen LogP contribution in [0.15, 0.2) is 48.8 Å². The fourth-order valence-corrected chi connectivity index (χ4v) is 2.00. The van der Waals surface area contributed by atoms with Crippen molar-refractivity contribution in [1.29, 1.82) is 0 Å². The number of ether oxygens (including phenoxy) is 1. The van der Waals surface area contributed by atoms with Gasteiger partial charge in [0.05, 0.1) is 5.69 Å². The van der Waals surface area contributed by atoms with Crippen LogP contribution in [0.4, 0.5) is 0 Å². The van der Waals surface area contributed by atoms with E-state index in [9.17, 15) is 9.90 Å². The van der Waals surface area contributed by atoms with Gasteiger partial charge in [-0.15, -0.1) is 0 Å². The first-order valence-corrected chi connectivity index (χ1v) is 6.25. The van der Waals surface area contributed by atoms with Crippen LogP contribution in [0.2, 0.25) is 0 Å². The van der Waals surface area contributed by atoms with Crippen LogP contribution < -0.4 is 4.74 Å². The van der Waals surface area contributed by atoms with E-state index in [0.29, 0.717) is 17.1 Å². The molecule has 0 fully saturated rings. The average molecular weight is 284 g/mol. The fraction of sp³-hybridized carbons (Fsp3) is 0.0667. The third kappa shape index (κ3) is 2.64. The second kappa shape index (κ2) is 5.16. The van der Waals surface area contributed by atoms with Crippen LogP contribution in [-0.2, 0) is 6.61 Å². The van der Waals surface area contributed by atoms with Crippen LogP contribution in [-0.4, -0.2) is 25.6 Å². The predicted octanol–water partition coefficient (Wildman–Crippen LogP) is 2.32. The molecule has 106 valence electrons. The first-order valence-electron chi connectivity index (χ1n) is 6.25. The monoisotopic (exact) mass is 284 g/mol. The highest BCUT2D eigenvalue weighted by molar-refractivity contribution is 5.94. The molecule has 21 heavy (non-hydrogen) atoms. The highest BCUT2D eigenvalue weighted by Gasteiger charge is 2.11. The second-order valence-corrected chi connectivity index (χ2v) is 4.47. The summed E-state index contributed by atoms with van der Waals surface area (Å²) in [6.07, 6.45) is 3.46. The number of aromatic nitrogens is 2. The lowest BCUT2D eigenvalue weighted by Gasteiger charge is -2.03. The quantitative estimate of drug-likeness (QED) is 0.768. The molecular formula is C15H12N2O4. The number of carboxylic acids is 1. The van der Waals surface area contributed by atoms with Gasteiger partial charge >= 0.3 is 5.97 Å². The van der Waals surface area contributed by atoms with E-state index in [1.54, 1.807) is 35.0 Å². The molecule has 2 aromatic heterocycles. The van der Waals surface area contributed by atoms with Crippen LogP contribution in [0, 0.1) is 0 Å². The number of carbonyl (C=O) groups is 1. The Kier molecular flexibility index (Phi) is 3.19. The number of fused-ring (bicyclic) bond motifs is 1. The minimum absolute atomic E-state index is 0.147. The van der Waals surface area contributed by atoms with Gasteiger partial charge in [0.25, 0.3) is 0 Å². The standard InChI is InChI=1S/C15H12N2O4/c18-11-3-5-12(6-4-11)21-9-10-8-17-7-1-2-13(15(19)20)14(17)16-10/h1-8,18H,9H2,(H,19,20). The third-order valence-electron chi connectivity index (χ3n) is 2.99. The van der Waals surface area contributed by atoms with Gasteiger partial charge in [-0.25, -0.2) is 9.78 Å². The molecule has 0 unspecified atom stereocenters. The fourth-order valence-electron chi connectivity index (χ4n) is 2.00. The van der Waals surface area contributed by atoms with Gasteiger partial charge in [-0.2, -0.15) is 0 Å². The van der Waals surface area contributed by atoms with Crippen LogP contribution in [0.5, 0.6) is 11.5 Å². The van der Waals surface area contributed by atoms with E-state index in [1.807, 2.05) is 0 Å². The van der Waals surface area contributed by atoms with Crippen molar-refractivity contribution in [2.75, 3.05) is 0 Å². The van der Waals surface area contributed by atoms with Crippen LogP contribution in [0.25, 0.3) is 5.65 Å². The number of rotatable bonds is 4. The Hall–Kier alpha value is -3.02. The summed E-state index contributed by atoms with van der Waals surface area (Å²) in [5, 5.41) is 18.3.